The summed E-state index contributed by atoms with van der Waals surface area (Å²) in [6.07, 6.45) is 0. The smallest absolute Gasteiger partial charge is 0.196 e. The van der Waals surface area contributed by atoms with E-state index in [1.165, 1.54) is 5.75 Å². The van der Waals surface area contributed by atoms with Crippen molar-refractivity contribution in [1.29, 1.82) is 0 Å². The molecule has 0 aromatic carbocycles. The first-order valence-electron chi connectivity index (χ1n) is 1.67. The molecule has 36 valence electrons. The van der Waals surface area contributed by atoms with E-state index in [9.17, 15) is 0 Å². The Morgan fingerprint density at radius 1 is 1.67 bits per heavy atom. The highest BCUT2D eigenvalue weighted by molar-refractivity contribution is 8.12. The van der Waals surface area contributed by atoms with E-state index >= 15 is 0 Å². The first-order chi connectivity index (χ1) is 2.50. The van der Waals surface area contributed by atoms with Crippen molar-refractivity contribution in [2.24, 2.45) is 0 Å². The second kappa shape index (κ2) is 3.68. The van der Waals surface area contributed by atoms with Crippen LogP contribution in [0.15, 0.2) is 0 Å². The van der Waals surface area contributed by atoms with Gasteiger partial charge in [0, 0.05) is 0 Å². The van der Waals surface area contributed by atoms with Gasteiger partial charge >= 0.3 is 0 Å². The first-order valence-corrected chi connectivity index (χ1v) is 2.72. The topological polar surface area (TPSA) is 14.0 Å². The molecule has 3 heteroatoms. The SMILES string of the molecule is C1=[NH+]CCS1.[Br-]. The summed E-state index contributed by atoms with van der Waals surface area (Å²) in [7, 11) is 0. The molecule has 6 heavy (non-hydrogen) atoms. The Hall–Kier alpha value is 0.500. The monoisotopic (exact) mass is 167 g/mol. The Bertz CT molecular complexity index is 48.8. The average Bonchev–Trinajstić information content (AvgIpc) is 1.76. The summed E-state index contributed by atoms with van der Waals surface area (Å²) in [5, 5.41) is 0. The molecule has 0 spiro atoms. The minimum atomic E-state index is 0. The van der Waals surface area contributed by atoms with Gasteiger partial charge in [-0.25, -0.2) is 4.99 Å². The third-order valence-electron chi connectivity index (χ3n) is 0.531. The van der Waals surface area contributed by atoms with Crippen LogP contribution in [0.3, 0.4) is 0 Å². The molecule has 0 bridgehead atoms. The molecule has 0 saturated carbocycles. The molecule has 0 aromatic heterocycles. The van der Waals surface area contributed by atoms with Crippen molar-refractivity contribution in [3.8, 4) is 0 Å². The molecular formula is C3H6BrNS. The first kappa shape index (κ1) is 6.50. The van der Waals surface area contributed by atoms with Gasteiger partial charge in [-0.3, -0.25) is 0 Å². The van der Waals surface area contributed by atoms with E-state index in [1.54, 1.807) is 0 Å². The molecule has 1 nitrogen and oxygen atoms in total. The molecule has 0 aliphatic carbocycles. The van der Waals surface area contributed by atoms with Gasteiger partial charge in [-0.05, 0) is 0 Å². The zero-order chi connectivity index (χ0) is 3.54. The molecule has 1 heterocycles. The Balaban J connectivity index is 0.000000250. The molecule has 0 radical (unpaired) electrons. The molecule has 1 rings (SSSR count). The Morgan fingerprint density at radius 2 is 2.50 bits per heavy atom. The van der Waals surface area contributed by atoms with Gasteiger partial charge < -0.3 is 17.0 Å². The summed E-state index contributed by atoms with van der Waals surface area (Å²) in [6, 6.07) is 0. The van der Waals surface area contributed by atoms with Crippen LogP contribution in [0, 0.1) is 0 Å². The largest absolute Gasteiger partial charge is 1.00 e. The van der Waals surface area contributed by atoms with Gasteiger partial charge in [0.1, 0.15) is 0 Å². The zero-order valence-electron chi connectivity index (χ0n) is 3.28. The molecule has 1 aliphatic heterocycles. The van der Waals surface area contributed by atoms with Crippen LogP contribution >= 0.6 is 11.8 Å². The van der Waals surface area contributed by atoms with Crippen molar-refractivity contribution in [2.45, 2.75) is 0 Å². The molecule has 0 unspecified atom stereocenters. The van der Waals surface area contributed by atoms with E-state index in [0.29, 0.717) is 0 Å². The van der Waals surface area contributed by atoms with E-state index in [4.69, 9.17) is 0 Å². The number of rotatable bonds is 0. The van der Waals surface area contributed by atoms with E-state index < -0.39 is 0 Å². The van der Waals surface area contributed by atoms with Gasteiger partial charge in [-0.15, -0.1) is 0 Å². The van der Waals surface area contributed by atoms with Crippen molar-refractivity contribution >= 4 is 17.3 Å². The van der Waals surface area contributed by atoms with Crippen LogP contribution in [0.2, 0.25) is 0 Å². The maximum Gasteiger partial charge on any atom is 0.196 e. The molecule has 0 aromatic rings. The van der Waals surface area contributed by atoms with Crippen LogP contribution < -0.4 is 22.0 Å². The lowest BCUT2D eigenvalue weighted by atomic mass is 10.8. The van der Waals surface area contributed by atoms with Crippen molar-refractivity contribution in [2.75, 3.05) is 12.3 Å². The van der Waals surface area contributed by atoms with Crippen LogP contribution in [0.1, 0.15) is 0 Å². The molecule has 0 atom stereocenters. The van der Waals surface area contributed by atoms with Crippen LogP contribution in [-0.4, -0.2) is 17.8 Å². The van der Waals surface area contributed by atoms with Crippen LogP contribution in [-0.2, 0) is 0 Å². The summed E-state index contributed by atoms with van der Waals surface area (Å²) in [5.74, 6) is 1.25. The third kappa shape index (κ3) is 1.82. The maximum atomic E-state index is 3.06. The van der Waals surface area contributed by atoms with Gasteiger partial charge in [0.05, 0.1) is 5.75 Å². The fourth-order valence-electron chi connectivity index (χ4n) is 0.295. The summed E-state index contributed by atoms with van der Waals surface area (Å²) in [4.78, 5) is 3.06. The number of halogens is 1. The third-order valence-corrected chi connectivity index (χ3v) is 1.30. The normalized spacial score (nSPS) is 17.3. The van der Waals surface area contributed by atoms with E-state index in [1.807, 2.05) is 17.3 Å². The van der Waals surface area contributed by atoms with E-state index in [-0.39, 0.29) is 17.0 Å². The molecule has 0 amide bonds. The van der Waals surface area contributed by atoms with Crippen molar-refractivity contribution in [3.05, 3.63) is 0 Å². The summed E-state index contributed by atoms with van der Waals surface area (Å²) in [5.41, 5.74) is 2.03. The van der Waals surface area contributed by atoms with Crippen LogP contribution in [0.5, 0.6) is 0 Å². The molecule has 0 fully saturated rings. The zero-order valence-corrected chi connectivity index (χ0v) is 5.68. The second-order valence-electron chi connectivity index (χ2n) is 0.943. The Labute approximate surface area is 52.0 Å². The summed E-state index contributed by atoms with van der Waals surface area (Å²) in [6.45, 7) is 1.16. The molecule has 0 saturated heterocycles. The highest BCUT2D eigenvalue weighted by Crippen LogP contribution is 1.88. The number of thioether (sulfide) groups is 1. The number of hydrogen-bond acceptors (Lipinski definition) is 1. The van der Waals surface area contributed by atoms with Gasteiger partial charge in [0.2, 0.25) is 0 Å². The van der Waals surface area contributed by atoms with E-state index in [0.717, 1.165) is 6.54 Å². The minimum Gasteiger partial charge on any atom is -1.00 e. The average molecular weight is 168 g/mol. The van der Waals surface area contributed by atoms with Crippen molar-refractivity contribution in [3.63, 3.8) is 0 Å². The van der Waals surface area contributed by atoms with Crippen LogP contribution in [0.4, 0.5) is 0 Å². The van der Waals surface area contributed by atoms with E-state index in [2.05, 4.69) is 4.99 Å². The molecule has 1 N–H and O–H groups in total. The lowest BCUT2D eigenvalue weighted by Gasteiger charge is -1.60. The quantitative estimate of drug-likeness (QED) is 0.387. The fourth-order valence-corrected chi connectivity index (χ4v) is 0.884. The van der Waals surface area contributed by atoms with Crippen molar-refractivity contribution < 1.29 is 22.0 Å². The lowest BCUT2D eigenvalue weighted by Crippen LogP contribution is -3.00. The minimum absolute atomic E-state index is 0. The lowest BCUT2D eigenvalue weighted by molar-refractivity contribution is -0.439. The van der Waals surface area contributed by atoms with Gasteiger partial charge in [0.25, 0.3) is 0 Å². The predicted octanol–water partition coefficient (Wildman–Crippen LogP) is -4.15. The summed E-state index contributed by atoms with van der Waals surface area (Å²) >= 11 is 1.84. The fraction of sp³-hybridized carbons (Fsp3) is 0.667. The highest BCUT2D eigenvalue weighted by Gasteiger charge is 1.93. The molecule has 1 aliphatic rings. The Kier molecular flexibility index (Phi) is 3.99. The predicted molar refractivity (Wildman–Crippen MR) is 24.4 cm³/mol. The summed E-state index contributed by atoms with van der Waals surface area (Å²) < 4.78 is 0. The number of hydrogen-bond donors (Lipinski definition) is 1. The maximum absolute atomic E-state index is 3.06. The standard InChI is InChI=1S/C3H5NS.BrH/c1-2-5-3-4-1;/h3H,1-2H2;1H. The molecular weight excluding hydrogens is 162 g/mol. The van der Waals surface area contributed by atoms with Gasteiger partial charge in [-0.1, -0.05) is 11.8 Å². The van der Waals surface area contributed by atoms with Crippen molar-refractivity contribution in [1.82, 2.24) is 0 Å². The Morgan fingerprint density at radius 3 is 2.67 bits per heavy atom. The number of nitrogens with one attached hydrogen (secondary N) is 1. The van der Waals surface area contributed by atoms with Crippen LogP contribution in [0.25, 0.3) is 0 Å². The van der Waals surface area contributed by atoms with Gasteiger partial charge in [-0.2, -0.15) is 0 Å². The van der Waals surface area contributed by atoms with Gasteiger partial charge in [0.15, 0.2) is 12.1 Å². The highest BCUT2D eigenvalue weighted by atomic mass is 79.9. The second-order valence-corrected chi connectivity index (χ2v) is 1.92.